The largest absolute Gasteiger partial charge is 0.454 e. The summed E-state index contributed by atoms with van der Waals surface area (Å²) in [6.07, 6.45) is 0. The molecule has 0 aliphatic carbocycles. The van der Waals surface area contributed by atoms with Crippen LogP contribution in [0.3, 0.4) is 0 Å². The highest BCUT2D eigenvalue weighted by Crippen LogP contribution is 2.34. The van der Waals surface area contributed by atoms with Gasteiger partial charge in [-0.1, -0.05) is 29.3 Å². The van der Waals surface area contributed by atoms with E-state index in [-0.39, 0.29) is 9.92 Å². The number of halogens is 2. The average Bonchev–Trinajstić information content (AvgIpc) is 2.33. The van der Waals surface area contributed by atoms with Crippen LogP contribution < -0.4 is 9.88 Å². The monoisotopic (exact) mass is 331 g/mol. The minimum absolute atomic E-state index is 0.0788. The van der Waals surface area contributed by atoms with Gasteiger partial charge in [-0.2, -0.15) is 0 Å². The topological polar surface area (TPSA) is 69.4 Å². The summed E-state index contributed by atoms with van der Waals surface area (Å²) in [5.41, 5.74) is 0.998. The van der Waals surface area contributed by atoms with Crippen LogP contribution in [0.4, 0.5) is 0 Å². The molecule has 0 saturated heterocycles. The van der Waals surface area contributed by atoms with Gasteiger partial charge in [0, 0.05) is 0 Å². The van der Waals surface area contributed by atoms with Gasteiger partial charge in [0.2, 0.25) is 10.0 Å². The fourth-order valence-electron chi connectivity index (χ4n) is 1.55. The molecular formula is C13H11Cl2NO3S. The lowest BCUT2D eigenvalue weighted by Gasteiger charge is -2.10. The molecule has 0 radical (unpaired) electrons. The SMILES string of the molecule is Cc1ccc(Oc2ccc(S(N)(=O)=O)cc2Cl)c(Cl)c1. The molecule has 0 aromatic heterocycles. The number of sulfonamides is 1. The first-order chi connectivity index (χ1) is 9.27. The van der Waals surface area contributed by atoms with Gasteiger partial charge in [-0.25, -0.2) is 13.6 Å². The number of primary sulfonamides is 1. The molecule has 7 heteroatoms. The van der Waals surface area contributed by atoms with Crippen molar-refractivity contribution in [1.29, 1.82) is 0 Å². The molecule has 4 nitrogen and oxygen atoms in total. The van der Waals surface area contributed by atoms with Crippen LogP contribution in [0, 0.1) is 6.92 Å². The molecule has 106 valence electrons. The Labute approximate surface area is 127 Å². The van der Waals surface area contributed by atoms with Gasteiger partial charge in [-0.3, -0.25) is 0 Å². The van der Waals surface area contributed by atoms with Crippen molar-refractivity contribution in [3.8, 4) is 11.5 Å². The second kappa shape index (κ2) is 5.61. The molecule has 0 fully saturated rings. The minimum Gasteiger partial charge on any atom is -0.454 e. The van der Waals surface area contributed by atoms with Crippen molar-refractivity contribution in [3.63, 3.8) is 0 Å². The predicted octanol–water partition coefficient (Wildman–Crippen LogP) is 3.74. The number of hydrogen-bond acceptors (Lipinski definition) is 3. The highest BCUT2D eigenvalue weighted by atomic mass is 35.5. The first-order valence-corrected chi connectivity index (χ1v) is 7.84. The summed E-state index contributed by atoms with van der Waals surface area (Å²) in [6, 6.07) is 9.28. The molecule has 0 saturated carbocycles. The molecule has 0 bridgehead atoms. The number of hydrogen-bond donors (Lipinski definition) is 1. The van der Waals surface area contributed by atoms with E-state index in [1.165, 1.54) is 18.2 Å². The highest BCUT2D eigenvalue weighted by molar-refractivity contribution is 7.89. The van der Waals surface area contributed by atoms with Crippen molar-refractivity contribution in [3.05, 3.63) is 52.0 Å². The Morgan fingerprint density at radius 1 is 1.00 bits per heavy atom. The summed E-state index contributed by atoms with van der Waals surface area (Å²) < 4.78 is 28.0. The quantitative estimate of drug-likeness (QED) is 0.931. The van der Waals surface area contributed by atoms with Gasteiger partial charge in [-0.15, -0.1) is 0 Å². The fourth-order valence-corrected chi connectivity index (χ4v) is 2.65. The first kappa shape index (κ1) is 15.1. The zero-order valence-electron chi connectivity index (χ0n) is 10.4. The van der Waals surface area contributed by atoms with Gasteiger partial charge in [0.05, 0.1) is 14.9 Å². The third-order valence-corrected chi connectivity index (χ3v) is 4.04. The smallest absolute Gasteiger partial charge is 0.238 e. The van der Waals surface area contributed by atoms with Crippen molar-refractivity contribution in [2.24, 2.45) is 5.14 Å². The predicted molar refractivity (Wildman–Crippen MR) is 79.1 cm³/mol. The molecule has 2 rings (SSSR count). The van der Waals surface area contributed by atoms with Crippen molar-refractivity contribution in [2.75, 3.05) is 0 Å². The standard InChI is InChI=1S/C13H11Cl2NO3S/c1-8-2-4-12(10(14)6-8)19-13-5-3-9(7-11(13)15)20(16,17)18/h2-7H,1H3,(H2,16,17,18). The zero-order chi connectivity index (χ0) is 14.9. The third kappa shape index (κ3) is 3.43. The van der Waals surface area contributed by atoms with E-state index in [0.717, 1.165) is 5.56 Å². The molecule has 0 unspecified atom stereocenters. The first-order valence-electron chi connectivity index (χ1n) is 5.54. The lowest BCUT2D eigenvalue weighted by atomic mass is 10.2. The molecule has 0 aliphatic heterocycles. The Kier molecular flexibility index (Phi) is 4.25. The number of rotatable bonds is 3. The van der Waals surface area contributed by atoms with E-state index in [0.29, 0.717) is 16.5 Å². The number of nitrogens with two attached hydrogens (primary N) is 1. The normalized spacial score (nSPS) is 11.4. The van der Waals surface area contributed by atoms with Gasteiger partial charge in [0.15, 0.2) is 0 Å². The Balaban J connectivity index is 2.35. The number of ether oxygens (including phenoxy) is 1. The van der Waals surface area contributed by atoms with Crippen LogP contribution in [0.25, 0.3) is 0 Å². The van der Waals surface area contributed by atoms with E-state index in [1.54, 1.807) is 12.1 Å². The van der Waals surface area contributed by atoms with Crippen LogP contribution in [0.5, 0.6) is 11.5 Å². The van der Waals surface area contributed by atoms with Gasteiger partial charge in [0.25, 0.3) is 0 Å². The van der Waals surface area contributed by atoms with E-state index < -0.39 is 10.0 Å². The maximum Gasteiger partial charge on any atom is 0.238 e. The minimum atomic E-state index is -3.79. The zero-order valence-corrected chi connectivity index (χ0v) is 12.8. The maximum atomic E-state index is 11.2. The van der Waals surface area contributed by atoms with Crippen LogP contribution >= 0.6 is 23.2 Å². The van der Waals surface area contributed by atoms with Crippen molar-refractivity contribution >= 4 is 33.2 Å². The molecule has 2 aromatic carbocycles. The van der Waals surface area contributed by atoms with Gasteiger partial charge in [-0.05, 0) is 42.8 Å². The Hall–Kier alpha value is -1.27. The van der Waals surface area contributed by atoms with Crippen molar-refractivity contribution < 1.29 is 13.2 Å². The maximum absolute atomic E-state index is 11.2. The Morgan fingerprint density at radius 2 is 1.55 bits per heavy atom. The average molecular weight is 332 g/mol. The number of aryl methyl sites for hydroxylation is 1. The summed E-state index contributed by atoms with van der Waals surface area (Å²) >= 11 is 12.0. The molecule has 20 heavy (non-hydrogen) atoms. The summed E-state index contributed by atoms with van der Waals surface area (Å²) in [5.74, 6) is 0.729. The van der Waals surface area contributed by atoms with Crippen LogP contribution in [-0.4, -0.2) is 8.42 Å². The summed E-state index contributed by atoms with van der Waals surface area (Å²) in [7, 11) is -3.79. The van der Waals surface area contributed by atoms with Gasteiger partial charge < -0.3 is 4.74 Å². The van der Waals surface area contributed by atoms with Crippen LogP contribution in [0.15, 0.2) is 41.3 Å². The molecule has 0 heterocycles. The lowest BCUT2D eigenvalue weighted by molar-refractivity contribution is 0.482. The van der Waals surface area contributed by atoms with Crippen molar-refractivity contribution in [1.82, 2.24) is 0 Å². The molecule has 0 amide bonds. The third-order valence-electron chi connectivity index (χ3n) is 2.54. The van der Waals surface area contributed by atoms with E-state index >= 15 is 0 Å². The number of benzene rings is 2. The molecule has 2 aromatic rings. The van der Waals surface area contributed by atoms with Crippen LogP contribution in [0.2, 0.25) is 10.0 Å². The fraction of sp³-hybridized carbons (Fsp3) is 0.0769. The van der Waals surface area contributed by atoms with E-state index in [9.17, 15) is 8.42 Å². The van der Waals surface area contributed by atoms with Crippen LogP contribution in [-0.2, 0) is 10.0 Å². The van der Waals surface area contributed by atoms with E-state index in [2.05, 4.69) is 0 Å². The lowest BCUT2D eigenvalue weighted by Crippen LogP contribution is -2.11. The van der Waals surface area contributed by atoms with Crippen LogP contribution in [0.1, 0.15) is 5.56 Å². The Bertz CT molecular complexity index is 760. The van der Waals surface area contributed by atoms with Gasteiger partial charge >= 0.3 is 0 Å². The molecule has 0 spiro atoms. The molecular weight excluding hydrogens is 321 g/mol. The van der Waals surface area contributed by atoms with Gasteiger partial charge in [0.1, 0.15) is 11.5 Å². The highest BCUT2D eigenvalue weighted by Gasteiger charge is 2.12. The molecule has 0 atom stereocenters. The van der Waals surface area contributed by atoms with E-state index in [4.69, 9.17) is 33.1 Å². The second-order valence-electron chi connectivity index (χ2n) is 4.17. The van der Waals surface area contributed by atoms with Crippen molar-refractivity contribution in [2.45, 2.75) is 11.8 Å². The summed E-state index contributed by atoms with van der Waals surface area (Å²) in [4.78, 5) is -0.0788. The Morgan fingerprint density at radius 3 is 2.05 bits per heavy atom. The summed E-state index contributed by atoms with van der Waals surface area (Å²) in [5, 5.41) is 5.59. The molecule has 2 N–H and O–H groups in total. The summed E-state index contributed by atoms with van der Waals surface area (Å²) in [6.45, 7) is 1.91. The van der Waals surface area contributed by atoms with E-state index in [1.807, 2.05) is 13.0 Å². The second-order valence-corrected chi connectivity index (χ2v) is 6.55. The molecule has 0 aliphatic rings.